The Morgan fingerprint density at radius 1 is 1.45 bits per heavy atom. The summed E-state index contributed by atoms with van der Waals surface area (Å²) >= 11 is 0. The zero-order valence-electron chi connectivity index (χ0n) is 12.8. The molecule has 1 aromatic heterocycles. The maximum Gasteiger partial charge on any atom is 0.252 e. The second-order valence-electron chi connectivity index (χ2n) is 5.50. The van der Waals surface area contributed by atoms with Crippen LogP contribution < -0.4 is 10.6 Å². The molecule has 6 heteroatoms. The lowest BCUT2D eigenvalue weighted by molar-refractivity contribution is 0.0939. The summed E-state index contributed by atoms with van der Waals surface area (Å²) in [6, 6.07) is 5.81. The summed E-state index contributed by atoms with van der Waals surface area (Å²) in [5, 5.41) is 10.6. The zero-order valence-corrected chi connectivity index (χ0v) is 13.6. The summed E-state index contributed by atoms with van der Waals surface area (Å²) in [4.78, 5) is 12.5. The number of anilines is 1. The highest BCUT2D eigenvalue weighted by atomic mass is 35.5. The van der Waals surface area contributed by atoms with E-state index < -0.39 is 0 Å². The number of aromatic nitrogens is 2. The maximum atomic E-state index is 12.5. The fourth-order valence-corrected chi connectivity index (χ4v) is 2.74. The molecule has 0 radical (unpaired) electrons. The van der Waals surface area contributed by atoms with Gasteiger partial charge in [0.05, 0.1) is 12.2 Å². The number of benzene rings is 1. The Bertz CT molecular complexity index is 668. The second-order valence-corrected chi connectivity index (χ2v) is 5.50. The van der Waals surface area contributed by atoms with Crippen molar-refractivity contribution in [3.8, 4) is 0 Å². The molecular weight excluding hydrogens is 300 g/mol. The highest BCUT2D eigenvalue weighted by Gasteiger charge is 2.19. The topological polar surface area (TPSA) is 59.0 Å². The van der Waals surface area contributed by atoms with Gasteiger partial charge in [-0.05, 0) is 37.5 Å². The van der Waals surface area contributed by atoms with E-state index in [9.17, 15) is 4.79 Å². The Hall–Kier alpha value is -2.01. The molecule has 2 aromatic rings. The average Bonchev–Trinajstić information content (AvgIpc) is 2.93. The lowest BCUT2D eigenvalue weighted by Crippen LogP contribution is -2.28. The number of halogens is 1. The molecule has 0 spiro atoms. The first-order valence-corrected chi connectivity index (χ1v) is 7.30. The molecule has 5 nitrogen and oxygen atoms in total. The molecule has 1 aliphatic heterocycles. The molecule has 2 heterocycles. The Kier molecular flexibility index (Phi) is 5.08. The van der Waals surface area contributed by atoms with Crippen molar-refractivity contribution in [2.24, 2.45) is 7.05 Å². The van der Waals surface area contributed by atoms with E-state index in [0.717, 1.165) is 41.8 Å². The molecule has 2 N–H and O–H groups in total. The van der Waals surface area contributed by atoms with Crippen LogP contribution in [0, 0.1) is 0 Å². The minimum absolute atomic E-state index is 0. The van der Waals surface area contributed by atoms with E-state index >= 15 is 0 Å². The number of fused-ring (bicyclic) bond motifs is 1. The molecule has 22 heavy (non-hydrogen) atoms. The number of carbonyl (C=O) groups is 1. The van der Waals surface area contributed by atoms with Gasteiger partial charge in [0.1, 0.15) is 0 Å². The van der Waals surface area contributed by atoms with Crippen LogP contribution in [0.5, 0.6) is 0 Å². The molecule has 0 fully saturated rings. The smallest absolute Gasteiger partial charge is 0.252 e. The van der Waals surface area contributed by atoms with Crippen molar-refractivity contribution in [1.82, 2.24) is 15.1 Å². The van der Waals surface area contributed by atoms with E-state index in [4.69, 9.17) is 0 Å². The third-order valence-corrected chi connectivity index (χ3v) is 3.91. The molecular formula is C16H21ClN4O. The Labute approximate surface area is 136 Å². The summed E-state index contributed by atoms with van der Waals surface area (Å²) in [7, 11) is 1.87. The lowest BCUT2D eigenvalue weighted by atomic mass is 9.97. The molecule has 0 aliphatic carbocycles. The van der Waals surface area contributed by atoms with Crippen LogP contribution in [0.1, 0.15) is 40.9 Å². The van der Waals surface area contributed by atoms with Gasteiger partial charge in [0.2, 0.25) is 0 Å². The SMILES string of the molecule is CC(NC(=O)c1cccc2c1CCCN2)c1cnn(C)c1.Cl. The third kappa shape index (κ3) is 3.25. The molecule has 3 rings (SSSR count). The summed E-state index contributed by atoms with van der Waals surface area (Å²) < 4.78 is 1.74. The third-order valence-electron chi connectivity index (χ3n) is 3.91. The highest BCUT2D eigenvalue weighted by molar-refractivity contribution is 5.97. The summed E-state index contributed by atoms with van der Waals surface area (Å²) in [6.07, 6.45) is 5.72. The number of hydrogen-bond acceptors (Lipinski definition) is 3. The van der Waals surface area contributed by atoms with Crippen molar-refractivity contribution in [1.29, 1.82) is 0 Å². The molecule has 0 saturated carbocycles. The van der Waals surface area contributed by atoms with Gasteiger partial charge in [-0.15, -0.1) is 12.4 Å². The van der Waals surface area contributed by atoms with E-state index in [1.807, 2.05) is 38.4 Å². The van der Waals surface area contributed by atoms with E-state index in [1.54, 1.807) is 10.9 Å². The van der Waals surface area contributed by atoms with Gasteiger partial charge in [0.25, 0.3) is 5.91 Å². The largest absolute Gasteiger partial charge is 0.385 e. The van der Waals surface area contributed by atoms with Crippen molar-refractivity contribution < 1.29 is 4.79 Å². The molecule has 1 atom stereocenters. The molecule has 1 unspecified atom stereocenters. The number of aryl methyl sites for hydroxylation is 1. The van der Waals surface area contributed by atoms with Crippen molar-refractivity contribution >= 4 is 24.0 Å². The Morgan fingerprint density at radius 3 is 3.00 bits per heavy atom. The number of nitrogens with one attached hydrogen (secondary N) is 2. The first-order valence-electron chi connectivity index (χ1n) is 7.30. The van der Waals surface area contributed by atoms with Gasteiger partial charge in [0, 0.05) is 36.6 Å². The summed E-state index contributed by atoms with van der Waals surface area (Å²) in [5.74, 6) is -0.0214. The van der Waals surface area contributed by atoms with E-state index in [0.29, 0.717) is 0 Å². The van der Waals surface area contributed by atoms with Gasteiger partial charge in [-0.1, -0.05) is 6.07 Å². The van der Waals surface area contributed by atoms with Crippen molar-refractivity contribution in [2.45, 2.75) is 25.8 Å². The van der Waals surface area contributed by atoms with Crippen LogP contribution in [-0.4, -0.2) is 22.2 Å². The monoisotopic (exact) mass is 320 g/mol. The predicted molar refractivity (Wildman–Crippen MR) is 89.6 cm³/mol. The van der Waals surface area contributed by atoms with Gasteiger partial charge < -0.3 is 10.6 Å². The van der Waals surface area contributed by atoms with Crippen LogP contribution >= 0.6 is 12.4 Å². The van der Waals surface area contributed by atoms with Crippen LogP contribution in [0.25, 0.3) is 0 Å². The number of rotatable bonds is 3. The second kappa shape index (κ2) is 6.83. The molecule has 1 amide bonds. The molecule has 0 bridgehead atoms. The normalized spacial score (nSPS) is 14.3. The van der Waals surface area contributed by atoms with Gasteiger partial charge in [-0.3, -0.25) is 9.48 Å². The Morgan fingerprint density at radius 2 is 2.27 bits per heavy atom. The number of amides is 1. The van der Waals surface area contributed by atoms with Gasteiger partial charge in [-0.2, -0.15) is 5.10 Å². The van der Waals surface area contributed by atoms with Crippen LogP contribution in [-0.2, 0) is 13.5 Å². The number of carbonyl (C=O) groups excluding carboxylic acids is 1. The molecule has 118 valence electrons. The maximum absolute atomic E-state index is 12.5. The Balaban J connectivity index is 0.00000176. The average molecular weight is 321 g/mol. The minimum atomic E-state index is -0.0568. The lowest BCUT2D eigenvalue weighted by Gasteiger charge is -2.21. The van der Waals surface area contributed by atoms with Crippen molar-refractivity contribution in [2.75, 3.05) is 11.9 Å². The van der Waals surface area contributed by atoms with Crippen LogP contribution in [0.15, 0.2) is 30.6 Å². The standard InChI is InChI=1S/C16H20N4O.ClH/c1-11(12-9-18-20(2)10-12)19-16(21)14-5-3-7-15-13(14)6-4-8-17-15;/h3,5,7,9-11,17H,4,6,8H2,1-2H3,(H,19,21);1H. The number of hydrogen-bond donors (Lipinski definition) is 2. The van der Waals surface area contributed by atoms with Crippen molar-refractivity contribution in [3.63, 3.8) is 0 Å². The van der Waals surface area contributed by atoms with E-state index in [-0.39, 0.29) is 24.4 Å². The quantitative estimate of drug-likeness (QED) is 0.914. The predicted octanol–water partition coefficient (Wildman–Crippen LogP) is 2.69. The van der Waals surface area contributed by atoms with Gasteiger partial charge in [0.15, 0.2) is 0 Å². The van der Waals surface area contributed by atoms with Crippen molar-refractivity contribution in [3.05, 3.63) is 47.3 Å². The van der Waals surface area contributed by atoms with Gasteiger partial charge in [-0.25, -0.2) is 0 Å². The molecule has 0 saturated heterocycles. The van der Waals surface area contributed by atoms with Crippen LogP contribution in [0.4, 0.5) is 5.69 Å². The summed E-state index contributed by atoms with van der Waals surface area (Å²) in [6.45, 7) is 2.95. The number of nitrogens with zero attached hydrogens (tertiary/aromatic N) is 2. The van der Waals surface area contributed by atoms with Gasteiger partial charge >= 0.3 is 0 Å². The van der Waals surface area contributed by atoms with E-state index in [2.05, 4.69) is 15.7 Å². The molecule has 1 aliphatic rings. The van der Waals surface area contributed by atoms with Crippen LogP contribution in [0.3, 0.4) is 0 Å². The first kappa shape index (κ1) is 16.4. The van der Waals surface area contributed by atoms with Crippen LogP contribution in [0.2, 0.25) is 0 Å². The fraction of sp³-hybridized carbons (Fsp3) is 0.375. The molecule has 1 aromatic carbocycles. The first-order chi connectivity index (χ1) is 10.1. The highest BCUT2D eigenvalue weighted by Crippen LogP contribution is 2.25. The van der Waals surface area contributed by atoms with E-state index in [1.165, 1.54) is 0 Å². The fourth-order valence-electron chi connectivity index (χ4n) is 2.74. The minimum Gasteiger partial charge on any atom is -0.385 e. The summed E-state index contributed by atoms with van der Waals surface area (Å²) in [5.41, 5.74) is 3.99. The zero-order chi connectivity index (χ0) is 14.8.